The molecule has 2 fully saturated rings. The molecule has 0 radical (unpaired) electrons. The Bertz CT molecular complexity index is 770. The van der Waals surface area contributed by atoms with Crippen LogP contribution in [0.3, 0.4) is 0 Å². The summed E-state index contributed by atoms with van der Waals surface area (Å²) in [5, 5.41) is 0.996. The Balaban J connectivity index is 1.58. The highest BCUT2D eigenvalue weighted by molar-refractivity contribution is 7.93. The molecule has 1 saturated heterocycles. The molecule has 0 spiro atoms. The number of benzene rings is 1. The molecular formula is C18H22N2O4S. The first kappa shape index (κ1) is 17.7. The third-order valence-electron chi connectivity index (χ3n) is 4.51. The molecule has 1 aliphatic carbocycles. The van der Waals surface area contributed by atoms with Crippen LogP contribution >= 0.6 is 0 Å². The molecule has 25 heavy (non-hydrogen) atoms. The first-order valence-corrected chi connectivity index (χ1v) is 10.1. The second kappa shape index (κ2) is 7.39. The molecule has 1 unspecified atom stereocenters. The van der Waals surface area contributed by atoms with Crippen LogP contribution in [-0.4, -0.2) is 38.2 Å². The monoisotopic (exact) mass is 362 g/mol. The van der Waals surface area contributed by atoms with Crippen molar-refractivity contribution in [3.63, 3.8) is 0 Å². The fourth-order valence-corrected chi connectivity index (χ4v) is 3.82. The number of rotatable bonds is 5. The van der Waals surface area contributed by atoms with Gasteiger partial charge in [-0.25, -0.2) is 13.1 Å². The lowest BCUT2D eigenvalue weighted by Gasteiger charge is -2.32. The molecule has 0 aromatic heterocycles. The van der Waals surface area contributed by atoms with Crippen LogP contribution in [0, 0.1) is 11.8 Å². The second-order valence-corrected chi connectivity index (χ2v) is 8.19. The van der Waals surface area contributed by atoms with Gasteiger partial charge in [0.15, 0.2) is 0 Å². The van der Waals surface area contributed by atoms with E-state index in [1.807, 2.05) is 6.07 Å². The molecule has 6 nitrogen and oxygen atoms in total. The molecule has 134 valence electrons. The minimum Gasteiger partial charge on any atom is -0.342 e. The Labute approximate surface area is 148 Å². The van der Waals surface area contributed by atoms with E-state index in [1.54, 1.807) is 29.2 Å². The van der Waals surface area contributed by atoms with Crippen molar-refractivity contribution in [1.29, 1.82) is 0 Å². The van der Waals surface area contributed by atoms with Gasteiger partial charge < -0.3 is 4.90 Å². The van der Waals surface area contributed by atoms with Crippen molar-refractivity contribution >= 4 is 27.9 Å². The lowest BCUT2D eigenvalue weighted by atomic mass is 9.97. The van der Waals surface area contributed by atoms with Crippen molar-refractivity contribution in [2.45, 2.75) is 25.7 Å². The average Bonchev–Trinajstić information content (AvgIpc) is 3.45. The van der Waals surface area contributed by atoms with E-state index < -0.39 is 21.8 Å². The van der Waals surface area contributed by atoms with E-state index in [-0.39, 0.29) is 11.8 Å². The Hall–Kier alpha value is -2.15. The van der Waals surface area contributed by atoms with Crippen molar-refractivity contribution < 1.29 is 18.0 Å². The van der Waals surface area contributed by atoms with Crippen molar-refractivity contribution in [3.05, 3.63) is 41.3 Å². The predicted molar refractivity (Wildman–Crippen MR) is 94.6 cm³/mol. The molecule has 7 heteroatoms. The third-order valence-corrected chi connectivity index (χ3v) is 5.49. The standard InChI is InChI=1S/C18H22N2O4S/c21-17(16-7-4-11-20(13-16)18(22)15-8-9-15)19-25(23,24)12-10-14-5-2-1-3-6-14/h1-3,5-6,10,12,15-16H,4,7-9,11,13H2,(H,19,21). The van der Waals surface area contributed by atoms with Crippen molar-refractivity contribution in [2.24, 2.45) is 11.8 Å². The summed E-state index contributed by atoms with van der Waals surface area (Å²) in [4.78, 5) is 26.2. The fourth-order valence-electron chi connectivity index (χ4n) is 2.97. The Morgan fingerprint density at radius 3 is 2.48 bits per heavy atom. The van der Waals surface area contributed by atoms with E-state index in [9.17, 15) is 18.0 Å². The second-order valence-electron chi connectivity index (χ2n) is 6.62. The molecule has 1 atom stereocenters. The summed E-state index contributed by atoms with van der Waals surface area (Å²) < 4.78 is 26.3. The highest BCUT2D eigenvalue weighted by atomic mass is 32.2. The topological polar surface area (TPSA) is 83.6 Å². The number of amides is 2. The summed E-state index contributed by atoms with van der Waals surface area (Å²) in [7, 11) is -3.85. The Kier molecular flexibility index (Phi) is 5.22. The highest BCUT2D eigenvalue weighted by Gasteiger charge is 2.37. The van der Waals surface area contributed by atoms with Gasteiger partial charge in [-0.1, -0.05) is 30.3 Å². The lowest BCUT2D eigenvalue weighted by Crippen LogP contribution is -2.46. The number of nitrogens with one attached hydrogen (secondary N) is 1. The molecule has 1 aromatic carbocycles. The molecule has 1 aliphatic heterocycles. The number of piperidine rings is 1. The summed E-state index contributed by atoms with van der Waals surface area (Å²) >= 11 is 0. The van der Waals surface area contributed by atoms with Crippen LogP contribution in [0.5, 0.6) is 0 Å². The van der Waals surface area contributed by atoms with Gasteiger partial charge in [0.2, 0.25) is 11.8 Å². The van der Waals surface area contributed by atoms with E-state index >= 15 is 0 Å². The number of carbonyl (C=O) groups excluding carboxylic acids is 2. The number of hydrogen-bond acceptors (Lipinski definition) is 4. The van der Waals surface area contributed by atoms with Crippen LogP contribution in [0.15, 0.2) is 35.7 Å². The Morgan fingerprint density at radius 2 is 1.80 bits per heavy atom. The van der Waals surface area contributed by atoms with Crippen molar-refractivity contribution in [3.8, 4) is 0 Å². The van der Waals surface area contributed by atoms with Gasteiger partial charge in [0.25, 0.3) is 10.0 Å². The van der Waals surface area contributed by atoms with Crippen LogP contribution in [0.25, 0.3) is 6.08 Å². The normalized spacial score (nSPS) is 21.3. The van der Waals surface area contributed by atoms with Gasteiger partial charge in [-0.3, -0.25) is 9.59 Å². The van der Waals surface area contributed by atoms with Gasteiger partial charge in [0.05, 0.1) is 11.3 Å². The van der Waals surface area contributed by atoms with Crippen molar-refractivity contribution in [2.75, 3.05) is 13.1 Å². The molecule has 3 rings (SSSR count). The third kappa shape index (κ3) is 4.92. The van der Waals surface area contributed by atoms with E-state index in [4.69, 9.17) is 0 Å². The number of likely N-dealkylation sites (tertiary alicyclic amines) is 1. The maximum atomic E-state index is 12.3. The number of sulfonamides is 1. The summed E-state index contributed by atoms with van der Waals surface area (Å²) in [6, 6.07) is 8.99. The van der Waals surface area contributed by atoms with Gasteiger partial charge >= 0.3 is 0 Å². The maximum absolute atomic E-state index is 12.3. The molecule has 1 N–H and O–H groups in total. The van der Waals surface area contributed by atoms with Gasteiger partial charge in [-0.2, -0.15) is 0 Å². The molecule has 2 aliphatic rings. The minimum absolute atomic E-state index is 0.101. The predicted octanol–water partition coefficient (Wildman–Crippen LogP) is 1.75. The quantitative estimate of drug-likeness (QED) is 0.865. The fraction of sp³-hybridized carbons (Fsp3) is 0.444. The lowest BCUT2D eigenvalue weighted by molar-refractivity contribution is -0.136. The SMILES string of the molecule is O=C(NS(=O)(=O)C=Cc1ccccc1)C1CCCN(C(=O)C2CC2)C1. The zero-order chi connectivity index (χ0) is 17.9. The van der Waals surface area contributed by atoms with Crippen molar-refractivity contribution in [1.82, 2.24) is 9.62 Å². The first-order chi connectivity index (χ1) is 11.9. The largest absolute Gasteiger partial charge is 0.342 e. The number of carbonyl (C=O) groups is 2. The van der Waals surface area contributed by atoms with E-state index in [2.05, 4.69) is 4.72 Å². The first-order valence-electron chi connectivity index (χ1n) is 8.53. The van der Waals surface area contributed by atoms with Gasteiger partial charge in [0.1, 0.15) is 0 Å². The van der Waals surface area contributed by atoms with E-state index in [1.165, 1.54) is 6.08 Å². The van der Waals surface area contributed by atoms with Crippen LogP contribution in [-0.2, 0) is 19.6 Å². The van der Waals surface area contributed by atoms with Gasteiger partial charge in [0, 0.05) is 19.0 Å². The van der Waals surface area contributed by atoms with Crippen LogP contribution < -0.4 is 4.72 Å². The molecular weight excluding hydrogens is 340 g/mol. The summed E-state index contributed by atoms with van der Waals surface area (Å²) in [6.45, 7) is 0.957. The van der Waals surface area contributed by atoms with E-state index in [0.717, 1.165) is 30.2 Å². The van der Waals surface area contributed by atoms with Crippen LogP contribution in [0.2, 0.25) is 0 Å². The van der Waals surface area contributed by atoms with Gasteiger partial charge in [-0.15, -0.1) is 0 Å². The zero-order valence-corrected chi connectivity index (χ0v) is 14.7. The molecule has 1 aromatic rings. The molecule has 1 saturated carbocycles. The molecule has 1 heterocycles. The smallest absolute Gasteiger partial charge is 0.257 e. The summed E-state index contributed by atoms with van der Waals surface area (Å²) in [5.74, 6) is -0.800. The minimum atomic E-state index is -3.85. The molecule has 2 amide bonds. The van der Waals surface area contributed by atoms with Crippen LogP contribution in [0.1, 0.15) is 31.2 Å². The summed E-state index contributed by atoms with van der Waals surface area (Å²) in [5.41, 5.74) is 0.735. The van der Waals surface area contributed by atoms with Crippen LogP contribution in [0.4, 0.5) is 0 Å². The maximum Gasteiger partial charge on any atom is 0.257 e. The average molecular weight is 362 g/mol. The van der Waals surface area contributed by atoms with Gasteiger partial charge in [-0.05, 0) is 37.3 Å². The summed E-state index contributed by atoms with van der Waals surface area (Å²) in [6.07, 6.45) is 4.60. The van der Waals surface area contributed by atoms with E-state index in [0.29, 0.717) is 19.5 Å². The zero-order valence-electron chi connectivity index (χ0n) is 13.9. The highest BCUT2D eigenvalue weighted by Crippen LogP contribution is 2.32. The Morgan fingerprint density at radius 1 is 1.08 bits per heavy atom. The number of nitrogens with zero attached hydrogens (tertiary/aromatic N) is 1. The molecule has 0 bridgehead atoms. The number of hydrogen-bond donors (Lipinski definition) is 1.